The summed E-state index contributed by atoms with van der Waals surface area (Å²) in [6.45, 7) is 2.13. The molecule has 10 heteroatoms. The Balaban J connectivity index is 1.60. The van der Waals surface area contributed by atoms with Crippen LogP contribution in [0.3, 0.4) is 0 Å². The van der Waals surface area contributed by atoms with E-state index in [0.717, 1.165) is 5.56 Å². The van der Waals surface area contributed by atoms with Gasteiger partial charge in [0.2, 0.25) is 5.91 Å². The Morgan fingerprint density at radius 1 is 0.868 bits per heavy atom. The van der Waals surface area contributed by atoms with Crippen molar-refractivity contribution in [3.63, 3.8) is 0 Å². The lowest BCUT2D eigenvalue weighted by atomic mass is 9.78. The minimum absolute atomic E-state index is 0.0783. The fourth-order valence-electron chi connectivity index (χ4n) is 5.82. The van der Waals surface area contributed by atoms with E-state index in [1.165, 1.54) is 14.2 Å². The summed E-state index contributed by atoms with van der Waals surface area (Å²) in [6, 6.07) is 8.30. The summed E-state index contributed by atoms with van der Waals surface area (Å²) in [5, 5.41) is 0. The van der Waals surface area contributed by atoms with E-state index in [0.29, 0.717) is 73.3 Å². The summed E-state index contributed by atoms with van der Waals surface area (Å²) in [7, 11) is 7.90. The molecule has 1 spiro atoms. The first-order valence-corrected chi connectivity index (χ1v) is 12.7. The molecule has 2 aromatic rings. The van der Waals surface area contributed by atoms with Crippen LogP contribution in [0.15, 0.2) is 30.3 Å². The molecule has 204 valence electrons. The predicted octanol–water partition coefficient (Wildman–Crippen LogP) is 3.00. The standard InChI is InChI=1S/C28H34N2O8/c1-29-25(17-6-7-20(33-2)21(14-17)34-3)24(18-15-22(35-4)23(36-5)16-19(18)26(29)31)27(32)30-10-8-28(9-11-30)37-12-13-38-28/h6-7,14-16,24-25H,8-13H2,1-5H3/t24-,25-/m0/s1. The zero-order valence-corrected chi connectivity index (χ0v) is 22.4. The first-order chi connectivity index (χ1) is 18.4. The average Bonchev–Trinajstić information content (AvgIpc) is 3.41. The fraction of sp³-hybridized carbons (Fsp3) is 0.500. The Morgan fingerprint density at radius 3 is 2.05 bits per heavy atom. The first kappa shape index (κ1) is 26.1. The monoisotopic (exact) mass is 526 g/mol. The highest BCUT2D eigenvalue weighted by atomic mass is 16.7. The molecule has 2 fully saturated rings. The van der Waals surface area contributed by atoms with E-state index in [4.69, 9.17) is 28.4 Å². The molecule has 3 aliphatic rings. The van der Waals surface area contributed by atoms with Gasteiger partial charge < -0.3 is 38.2 Å². The van der Waals surface area contributed by atoms with Crippen LogP contribution in [0.2, 0.25) is 0 Å². The largest absolute Gasteiger partial charge is 0.493 e. The molecule has 0 aromatic heterocycles. The topological polar surface area (TPSA) is 96.0 Å². The molecule has 3 aliphatic heterocycles. The van der Waals surface area contributed by atoms with Gasteiger partial charge in [-0.1, -0.05) is 6.07 Å². The van der Waals surface area contributed by atoms with Gasteiger partial charge in [0.1, 0.15) is 0 Å². The average molecular weight is 527 g/mol. The molecule has 3 heterocycles. The number of amides is 2. The third-order valence-corrected chi connectivity index (χ3v) is 7.84. The maximum Gasteiger partial charge on any atom is 0.254 e. The van der Waals surface area contributed by atoms with Crippen LogP contribution in [-0.4, -0.2) is 89.2 Å². The van der Waals surface area contributed by atoms with Gasteiger partial charge in [0.15, 0.2) is 28.8 Å². The highest BCUT2D eigenvalue weighted by Gasteiger charge is 2.47. The molecular weight excluding hydrogens is 492 g/mol. The van der Waals surface area contributed by atoms with Gasteiger partial charge in [-0.25, -0.2) is 0 Å². The number of carbonyl (C=O) groups excluding carboxylic acids is 2. The zero-order chi connectivity index (χ0) is 27.0. The first-order valence-electron chi connectivity index (χ1n) is 12.7. The molecule has 2 atom stereocenters. The van der Waals surface area contributed by atoms with Crippen LogP contribution in [0.1, 0.15) is 46.3 Å². The van der Waals surface area contributed by atoms with Gasteiger partial charge in [-0.2, -0.15) is 0 Å². The molecule has 5 rings (SSSR count). The Bertz CT molecular complexity index is 1220. The van der Waals surface area contributed by atoms with Crippen LogP contribution in [0.4, 0.5) is 0 Å². The second-order valence-corrected chi connectivity index (χ2v) is 9.68. The molecule has 10 nitrogen and oxygen atoms in total. The molecule has 0 unspecified atom stereocenters. The molecule has 2 saturated heterocycles. The van der Waals surface area contributed by atoms with Gasteiger partial charge in [0.05, 0.1) is 53.6 Å². The third-order valence-electron chi connectivity index (χ3n) is 7.84. The SMILES string of the molecule is COc1ccc([C@H]2[C@@H](C(=O)N3CCC4(CC3)OCCO4)c3cc(OC)c(OC)cc3C(=O)N2C)cc1OC. The maximum atomic E-state index is 14.4. The maximum absolute atomic E-state index is 14.4. The van der Waals surface area contributed by atoms with Crippen molar-refractivity contribution in [1.82, 2.24) is 9.80 Å². The zero-order valence-electron chi connectivity index (χ0n) is 22.4. The fourth-order valence-corrected chi connectivity index (χ4v) is 5.82. The van der Waals surface area contributed by atoms with Gasteiger partial charge in [-0.15, -0.1) is 0 Å². The molecule has 0 bridgehead atoms. The molecular formula is C28H34N2O8. The van der Waals surface area contributed by atoms with Gasteiger partial charge >= 0.3 is 0 Å². The second-order valence-electron chi connectivity index (χ2n) is 9.68. The van der Waals surface area contributed by atoms with Crippen molar-refractivity contribution in [2.45, 2.75) is 30.6 Å². The van der Waals surface area contributed by atoms with E-state index in [-0.39, 0.29) is 11.8 Å². The highest BCUT2D eigenvalue weighted by molar-refractivity contribution is 6.02. The van der Waals surface area contributed by atoms with E-state index >= 15 is 0 Å². The lowest BCUT2D eigenvalue weighted by molar-refractivity contribution is -0.188. The number of carbonyl (C=O) groups is 2. The summed E-state index contributed by atoms with van der Waals surface area (Å²) >= 11 is 0. The lowest BCUT2D eigenvalue weighted by Crippen LogP contribution is -2.51. The Hall–Kier alpha value is -3.50. The van der Waals surface area contributed by atoms with Crippen molar-refractivity contribution in [2.24, 2.45) is 0 Å². The molecule has 0 radical (unpaired) electrons. The summed E-state index contributed by atoms with van der Waals surface area (Å²) in [6.07, 6.45) is 1.19. The quantitative estimate of drug-likeness (QED) is 0.567. The highest BCUT2D eigenvalue weighted by Crippen LogP contribution is 2.48. The number of likely N-dealkylation sites (N-methyl/N-ethyl adjacent to an activating group) is 1. The van der Waals surface area contributed by atoms with Crippen molar-refractivity contribution in [3.05, 3.63) is 47.0 Å². The Morgan fingerprint density at radius 2 is 1.45 bits per heavy atom. The molecule has 2 aromatic carbocycles. The van der Waals surface area contributed by atoms with Crippen LogP contribution in [-0.2, 0) is 14.3 Å². The summed E-state index contributed by atoms with van der Waals surface area (Å²) < 4.78 is 33.7. The van der Waals surface area contributed by atoms with Crippen LogP contribution in [0.5, 0.6) is 23.0 Å². The van der Waals surface area contributed by atoms with Crippen molar-refractivity contribution in [1.29, 1.82) is 0 Å². The number of hydrogen-bond donors (Lipinski definition) is 0. The Kier molecular flexibility index (Phi) is 7.11. The molecule has 0 N–H and O–H groups in total. The van der Waals surface area contributed by atoms with Crippen molar-refractivity contribution in [3.8, 4) is 23.0 Å². The van der Waals surface area contributed by atoms with Gasteiger partial charge in [-0.3, -0.25) is 9.59 Å². The van der Waals surface area contributed by atoms with Crippen LogP contribution in [0.25, 0.3) is 0 Å². The minimum atomic E-state index is -0.690. The van der Waals surface area contributed by atoms with E-state index in [1.807, 2.05) is 17.0 Å². The van der Waals surface area contributed by atoms with E-state index < -0.39 is 17.7 Å². The number of hydrogen-bond acceptors (Lipinski definition) is 8. The summed E-state index contributed by atoms with van der Waals surface area (Å²) in [5.74, 6) is 0.384. The van der Waals surface area contributed by atoms with E-state index in [9.17, 15) is 9.59 Å². The molecule has 0 aliphatic carbocycles. The van der Waals surface area contributed by atoms with Gasteiger partial charge in [-0.05, 0) is 35.4 Å². The second kappa shape index (κ2) is 10.3. The molecule has 2 amide bonds. The smallest absolute Gasteiger partial charge is 0.254 e. The third kappa shape index (κ3) is 4.31. The number of rotatable bonds is 6. The van der Waals surface area contributed by atoms with E-state index in [2.05, 4.69) is 0 Å². The number of benzene rings is 2. The van der Waals surface area contributed by atoms with Gasteiger partial charge in [0, 0.05) is 38.5 Å². The van der Waals surface area contributed by atoms with Crippen molar-refractivity contribution >= 4 is 11.8 Å². The summed E-state index contributed by atoms with van der Waals surface area (Å²) in [5.41, 5.74) is 1.77. The summed E-state index contributed by atoms with van der Waals surface area (Å²) in [4.78, 5) is 31.5. The van der Waals surface area contributed by atoms with Crippen LogP contribution < -0.4 is 18.9 Å². The lowest BCUT2D eigenvalue weighted by Gasteiger charge is -2.44. The van der Waals surface area contributed by atoms with Crippen molar-refractivity contribution in [2.75, 3.05) is 61.8 Å². The van der Waals surface area contributed by atoms with Gasteiger partial charge in [0.25, 0.3) is 5.91 Å². The number of piperidine rings is 1. The number of fused-ring (bicyclic) bond motifs is 1. The normalized spacial score (nSPS) is 22.3. The van der Waals surface area contributed by atoms with Crippen LogP contribution in [0, 0.1) is 0 Å². The molecule has 0 saturated carbocycles. The number of ether oxygens (including phenoxy) is 6. The Labute approximate surface area is 222 Å². The van der Waals surface area contributed by atoms with Crippen molar-refractivity contribution < 1.29 is 38.0 Å². The van der Waals surface area contributed by atoms with E-state index in [1.54, 1.807) is 44.4 Å². The number of methoxy groups -OCH3 is 4. The molecule has 38 heavy (non-hydrogen) atoms. The van der Waals surface area contributed by atoms with Crippen LogP contribution >= 0.6 is 0 Å². The number of likely N-dealkylation sites (tertiary alicyclic amines) is 1. The predicted molar refractivity (Wildman–Crippen MR) is 137 cm³/mol. The number of nitrogens with zero attached hydrogens (tertiary/aromatic N) is 2. The minimum Gasteiger partial charge on any atom is -0.493 e.